The molecule has 0 atom stereocenters. The van der Waals surface area contributed by atoms with Gasteiger partial charge in [-0.2, -0.15) is 5.26 Å². The molecule has 2 aromatic heterocycles. The Kier molecular flexibility index (Phi) is 5.88. The van der Waals surface area contributed by atoms with Gasteiger partial charge in [0.25, 0.3) is 0 Å². The average molecular weight is 586 g/mol. The molecule has 0 aliphatic rings. The van der Waals surface area contributed by atoms with Crippen LogP contribution in [0.1, 0.15) is 5.56 Å². The SMILES string of the molecule is N#Cc1ccc(-n2c3ccccc3c3cc(-c4ccc5c6ccccc6n(-c6ccccc6)c5c4)ccc32)cc1-c1ccccc1. The Morgan fingerprint density at radius 2 is 0.935 bits per heavy atom. The fourth-order valence-electron chi connectivity index (χ4n) is 7.06. The van der Waals surface area contributed by atoms with E-state index < -0.39 is 0 Å². The van der Waals surface area contributed by atoms with Crippen molar-refractivity contribution in [2.24, 2.45) is 0 Å². The first-order chi connectivity index (χ1) is 22.8. The summed E-state index contributed by atoms with van der Waals surface area (Å²) in [6, 6.07) is 60.2. The summed E-state index contributed by atoms with van der Waals surface area (Å²) < 4.78 is 4.69. The maximum absolute atomic E-state index is 9.91. The van der Waals surface area contributed by atoms with Gasteiger partial charge in [0.2, 0.25) is 0 Å². The number of fused-ring (bicyclic) bond motifs is 6. The molecule has 0 unspecified atom stereocenters. The summed E-state index contributed by atoms with van der Waals surface area (Å²) in [7, 11) is 0. The lowest BCUT2D eigenvalue weighted by molar-refractivity contribution is 1.18. The molecule has 9 aromatic rings. The Morgan fingerprint density at radius 3 is 1.67 bits per heavy atom. The zero-order valence-electron chi connectivity index (χ0n) is 24.9. The van der Waals surface area contributed by atoms with Gasteiger partial charge in [-0.1, -0.05) is 103 Å². The maximum atomic E-state index is 9.91. The van der Waals surface area contributed by atoms with Crippen molar-refractivity contribution in [1.82, 2.24) is 9.13 Å². The van der Waals surface area contributed by atoms with E-state index in [1.807, 2.05) is 24.3 Å². The summed E-state index contributed by atoms with van der Waals surface area (Å²) in [5.41, 5.74) is 11.8. The third-order valence-corrected chi connectivity index (χ3v) is 9.16. The van der Waals surface area contributed by atoms with E-state index in [0.717, 1.165) is 33.5 Å². The number of hydrogen-bond acceptors (Lipinski definition) is 1. The molecule has 0 aliphatic carbocycles. The summed E-state index contributed by atoms with van der Waals surface area (Å²) in [6.45, 7) is 0. The number of hydrogen-bond donors (Lipinski definition) is 0. The summed E-state index contributed by atoms with van der Waals surface area (Å²) in [5, 5.41) is 14.8. The molecule has 9 rings (SSSR count). The van der Waals surface area contributed by atoms with Crippen molar-refractivity contribution >= 4 is 43.6 Å². The van der Waals surface area contributed by atoms with Crippen molar-refractivity contribution in [1.29, 1.82) is 5.26 Å². The highest BCUT2D eigenvalue weighted by Crippen LogP contribution is 2.38. The number of benzene rings is 7. The van der Waals surface area contributed by atoms with Gasteiger partial charge in [-0.15, -0.1) is 0 Å². The predicted octanol–water partition coefficient (Wildman–Crippen LogP) is 11.1. The van der Waals surface area contributed by atoms with Crippen LogP contribution in [-0.4, -0.2) is 9.13 Å². The van der Waals surface area contributed by atoms with E-state index in [-0.39, 0.29) is 0 Å². The van der Waals surface area contributed by atoms with Crippen LogP contribution in [-0.2, 0) is 0 Å². The summed E-state index contributed by atoms with van der Waals surface area (Å²) >= 11 is 0. The monoisotopic (exact) mass is 585 g/mol. The van der Waals surface area contributed by atoms with Crippen LogP contribution < -0.4 is 0 Å². The lowest BCUT2D eigenvalue weighted by Gasteiger charge is -2.12. The quantitative estimate of drug-likeness (QED) is 0.202. The minimum absolute atomic E-state index is 0.668. The Labute approximate surface area is 266 Å². The number of rotatable bonds is 4. The first-order valence-corrected chi connectivity index (χ1v) is 15.5. The van der Waals surface area contributed by atoms with E-state index in [1.54, 1.807) is 0 Å². The third kappa shape index (κ3) is 3.98. The standard InChI is InChI=1S/C43H27N3/c44-28-32-19-22-34(27-38(32)29-11-3-1-4-12-29)46-41-18-10-8-16-36(41)39-25-30(21-24-42(39)46)31-20-23-37-35-15-7-9-17-40(35)45(43(37)26-31)33-13-5-2-6-14-33/h1-27H. The summed E-state index contributed by atoms with van der Waals surface area (Å²) in [4.78, 5) is 0. The molecule has 0 aliphatic heterocycles. The highest BCUT2D eigenvalue weighted by molar-refractivity contribution is 6.12. The van der Waals surface area contributed by atoms with Crippen LogP contribution >= 0.6 is 0 Å². The van der Waals surface area contributed by atoms with Crippen molar-refractivity contribution < 1.29 is 0 Å². The van der Waals surface area contributed by atoms with E-state index in [1.165, 1.54) is 43.7 Å². The van der Waals surface area contributed by atoms with Crippen LogP contribution in [0.15, 0.2) is 164 Å². The molecule has 0 saturated heterocycles. The Hall–Kier alpha value is -6.37. The lowest BCUT2D eigenvalue weighted by atomic mass is 9.99. The first-order valence-electron chi connectivity index (χ1n) is 15.5. The molecule has 214 valence electrons. The van der Waals surface area contributed by atoms with Gasteiger partial charge in [-0.25, -0.2) is 0 Å². The van der Waals surface area contributed by atoms with Crippen molar-refractivity contribution in [3.05, 3.63) is 169 Å². The molecule has 0 N–H and O–H groups in total. The van der Waals surface area contributed by atoms with Crippen LogP contribution in [0.3, 0.4) is 0 Å². The van der Waals surface area contributed by atoms with E-state index >= 15 is 0 Å². The summed E-state index contributed by atoms with van der Waals surface area (Å²) in [6.07, 6.45) is 0. The molecule has 3 nitrogen and oxygen atoms in total. The summed E-state index contributed by atoms with van der Waals surface area (Å²) in [5.74, 6) is 0. The molecule has 0 saturated carbocycles. The molecule has 7 aromatic carbocycles. The molecule has 0 spiro atoms. The predicted molar refractivity (Wildman–Crippen MR) is 191 cm³/mol. The van der Waals surface area contributed by atoms with E-state index in [0.29, 0.717) is 5.56 Å². The van der Waals surface area contributed by atoms with Crippen LogP contribution in [0.25, 0.3) is 77.2 Å². The highest BCUT2D eigenvalue weighted by atomic mass is 15.0. The fraction of sp³-hybridized carbons (Fsp3) is 0. The third-order valence-electron chi connectivity index (χ3n) is 9.16. The van der Waals surface area contributed by atoms with E-state index in [9.17, 15) is 5.26 Å². The van der Waals surface area contributed by atoms with E-state index in [4.69, 9.17) is 0 Å². The minimum Gasteiger partial charge on any atom is -0.309 e. The molecule has 0 radical (unpaired) electrons. The highest BCUT2D eigenvalue weighted by Gasteiger charge is 2.17. The van der Waals surface area contributed by atoms with Gasteiger partial charge < -0.3 is 9.13 Å². The maximum Gasteiger partial charge on any atom is 0.0998 e. The van der Waals surface area contributed by atoms with Crippen LogP contribution in [0.2, 0.25) is 0 Å². The lowest BCUT2D eigenvalue weighted by Crippen LogP contribution is -1.96. The number of aromatic nitrogens is 2. The zero-order valence-corrected chi connectivity index (χ0v) is 24.9. The minimum atomic E-state index is 0.668. The van der Waals surface area contributed by atoms with Gasteiger partial charge >= 0.3 is 0 Å². The first kappa shape index (κ1) is 26.1. The van der Waals surface area contributed by atoms with Crippen LogP contribution in [0.4, 0.5) is 0 Å². The molecule has 2 heterocycles. The van der Waals surface area contributed by atoms with Crippen LogP contribution in [0, 0.1) is 11.3 Å². The Bertz CT molecular complexity index is 2630. The zero-order chi connectivity index (χ0) is 30.6. The molecule has 0 fully saturated rings. The smallest absolute Gasteiger partial charge is 0.0998 e. The van der Waals surface area contributed by atoms with Gasteiger partial charge in [0.05, 0.1) is 33.7 Å². The van der Waals surface area contributed by atoms with Crippen LogP contribution in [0.5, 0.6) is 0 Å². The second kappa shape index (κ2) is 10.4. The van der Waals surface area contributed by atoms with Crippen molar-refractivity contribution in [2.45, 2.75) is 0 Å². The van der Waals surface area contributed by atoms with Gasteiger partial charge in [0.15, 0.2) is 0 Å². The van der Waals surface area contributed by atoms with E-state index in [2.05, 4.69) is 155 Å². The molecular formula is C43H27N3. The topological polar surface area (TPSA) is 33.6 Å². The van der Waals surface area contributed by atoms with Gasteiger partial charge in [-0.05, 0) is 77.4 Å². The number of para-hydroxylation sites is 3. The molecule has 0 bridgehead atoms. The molecule has 46 heavy (non-hydrogen) atoms. The molecule has 3 heteroatoms. The number of nitriles is 1. The second-order valence-electron chi connectivity index (χ2n) is 11.7. The van der Waals surface area contributed by atoms with Crippen molar-refractivity contribution in [2.75, 3.05) is 0 Å². The average Bonchev–Trinajstić information content (AvgIpc) is 3.64. The van der Waals surface area contributed by atoms with Crippen molar-refractivity contribution in [3.8, 4) is 39.7 Å². The van der Waals surface area contributed by atoms with Gasteiger partial charge in [0, 0.05) is 38.5 Å². The second-order valence-corrected chi connectivity index (χ2v) is 11.7. The Balaban J connectivity index is 1.25. The van der Waals surface area contributed by atoms with Crippen molar-refractivity contribution in [3.63, 3.8) is 0 Å². The largest absolute Gasteiger partial charge is 0.309 e. The number of nitrogens with zero attached hydrogens (tertiary/aromatic N) is 3. The molecule has 0 amide bonds. The Morgan fingerprint density at radius 1 is 0.370 bits per heavy atom. The van der Waals surface area contributed by atoms with Gasteiger partial charge in [0.1, 0.15) is 0 Å². The fourth-order valence-corrected chi connectivity index (χ4v) is 7.06. The normalized spacial score (nSPS) is 11.5. The van der Waals surface area contributed by atoms with Gasteiger partial charge in [-0.3, -0.25) is 0 Å². The molecular weight excluding hydrogens is 558 g/mol.